The van der Waals surface area contributed by atoms with Gasteiger partial charge in [0.2, 0.25) is 6.41 Å². The van der Waals surface area contributed by atoms with E-state index >= 15 is 0 Å². The van der Waals surface area contributed by atoms with Crippen LogP contribution in [0.4, 0.5) is 0 Å². The van der Waals surface area contributed by atoms with E-state index in [1.165, 1.54) is 0 Å². The molecular formula is C8H19NO2. The van der Waals surface area contributed by atoms with Crippen LogP contribution >= 0.6 is 0 Å². The number of ether oxygens (including phenoxy) is 2. The highest BCUT2D eigenvalue weighted by atomic mass is 16.7. The minimum atomic E-state index is -0.256. The summed E-state index contributed by atoms with van der Waals surface area (Å²) >= 11 is 0. The molecule has 0 saturated carbocycles. The Bertz CT molecular complexity index is 82.2. The van der Waals surface area contributed by atoms with Gasteiger partial charge in [-0.3, -0.25) is 5.32 Å². The second kappa shape index (κ2) is 6.58. The maximum absolute atomic E-state index is 4.95. The molecular weight excluding hydrogens is 142 g/mol. The van der Waals surface area contributed by atoms with E-state index in [1.54, 1.807) is 14.2 Å². The monoisotopic (exact) mass is 161 g/mol. The number of hydrogen-bond donors (Lipinski definition) is 1. The number of methoxy groups -OCH3 is 2. The molecule has 0 aromatic rings. The third-order valence-electron chi connectivity index (χ3n) is 1.46. The van der Waals surface area contributed by atoms with Crippen molar-refractivity contribution in [3.05, 3.63) is 0 Å². The van der Waals surface area contributed by atoms with Crippen molar-refractivity contribution in [1.82, 2.24) is 5.32 Å². The van der Waals surface area contributed by atoms with Crippen LogP contribution in [-0.2, 0) is 9.47 Å². The molecule has 1 N–H and O–H groups in total. The molecule has 68 valence electrons. The van der Waals surface area contributed by atoms with Crippen LogP contribution in [0.3, 0.4) is 0 Å². The topological polar surface area (TPSA) is 30.5 Å². The van der Waals surface area contributed by atoms with Crippen molar-refractivity contribution in [2.45, 2.75) is 26.7 Å². The molecule has 0 aliphatic heterocycles. The lowest BCUT2D eigenvalue weighted by atomic mass is 10.1. The average Bonchev–Trinajstić information content (AvgIpc) is 1.98. The Hall–Kier alpha value is -0.120. The lowest BCUT2D eigenvalue weighted by molar-refractivity contribution is -0.123. The van der Waals surface area contributed by atoms with Gasteiger partial charge in [-0.1, -0.05) is 13.8 Å². The van der Waals surface area contributed by atoms with E-state index in [0.29, 0.717) is 0 Å². The Balaban J connectivity index is 3.21. The molecule has 3 nitrogen and oxygen atoms in total. The smallest absolute Gasteiger partial charge is 0.215 e. The van der Waals surface area contributed by atoms with Crippen LogP contribution in [0, 0.1) is 5.92 Å². The van der Waals surface area contributed by atoms with Crippen LogP contribution < -0.4 is 5.32 Å². The van der Waals surface area contributed by atoms with Gasteiger partial charge < -0.3 is 9.47 Å². The summed E-state index contributed by atoms with van der Waals surface area (Å²) in [4.78, 5) is 0. The van der Waals surface area contributed by atoms with Crippen molar-refractivity contribution in [2.75, 3.05) is 20.8 Å². The molecule has 11 heavy (non-hydrogen) atoms. The van der Waals surface area contributed by atoms with Crippen LogP contribution in [0.25, 0.3) is 0 Å². The van der Waals surface area contributed by atoms with E-state index in [1.807, 2.05) is 0 Å². The summed E-state index contributed by atoms with van der Waals surface area (Å²) in [5.41, 5.74) is 0. The van der Waals surface area contributed by atoms with Crippen molar-refractivity contribution in [3.8, 4) is 0 Å². The van der Waals surface area contributed by atoms with E-state index in [-0.39, 0.29) is 6.41 Å². The summed E-state index contributed by atoms with van der Waals surface area (Å²) < 4.78 is 9.90. The lowest BCUT2D eigenvalue weighted by Gasteiger charge is -2.15. The minimum absolute atomic E-state index is 0.256. The number of rotatable bonds is 6. The summed E-state index contributed by atoms with van der Waals surface area (Å²) in [5.74, 6) is 0.719. The summed E-state index contributed by atoms with van der Waals surface area (Å²) in [6.45, 7) is 5.32. The van der Waals surface area contributed by atoms with E-state index in [2.05, 4.69) is 19.2 Å². The summed E-state index contributed by atoms with van der Waals surface area (Å²) in [6.07, 6.45) is 0.886. The molecule has 0 fully saturated rings. The standard InChI is InChI=1S/C8H19NO2/c1-7(2)5-6-9-8(10-3)11-4/h7-9H,5-6H2,1-4H3. The predicted octanol–water partition coefficient (Wildman–Crippen LogP) is 1.20. The summed E-state index contributed by atoms with van der Waals surface area (Å²) in [6, 6.07) is 0. The van der Waals surface area contributed by atoms with E-state index in [0.717, 1.165) is 18.9 Å². The first-order valence-electron chi connectivity index (χ1n) is 3.99. The highest BCUT2D eigenvalue weighted by molar-refractivity contribution is 4.49. The van der Waals surface area contributed by atoms with Gasteiger partial charge in [0.15, 0.2) is 0 Å². The SMILES string of the molecule is COC(NCCC(C)C)OC. The van der Waals surface area contributed by atoms with Crippen molar-refractivity contribution in [3.63, 3.8) is 0 Å². The number of nitrogens with one attached hydrogen (secondary N) is 1. The molecule has 0 aliphatic carbocycles. The largest absolute Gasteiger partial charge is 0.343 e. The van der Waals surface area contributed by atoms with Crippen LogP contribution in [0.1, 0.15) is 20.3 Å². The maximum Gasteiger partial charge on any atom is 0.215 e. The second-order valence-electron chi connectivity index (χ2n) is 2.94. The molecule has 0 spiro atoms. The fraction of sp³-hybridized carbons (Fsp3) is 1.00. The highest BCUT2D eigenvalue weighted by Crippen LogP contribution is 1.97. The Kier molecular flexibility index (Phi) is 6.51. The summed E-state index contributed by atoms with van der Waals surface area (Å²) in [7, 11) is 3.24. The fourth-order valence-electron chi connectivity index (χ4n) is 0.753. The van der Waals surface area contributed by atoms with Crippen molar-refractivity contribution >= 4 is 0 Å². The molecule has 0 saturated heterocycles. The van der Waals surface area contributed by atoms with Crippen molar-refractivity contribution in [2.24, 2.45) is 5.92 Å². The molecule has 0 aromatic heterocycles. The highest BCUT2D eigenvalue weighted by Gasteiger charge is 2.02. The van der Waals surface area contributed by atoms with E-state index < -0.39 is 0 Å². The first-order valence-corrected chi connectivity index (χ1v) is 3.99. The minimum Gasteiger partial charge on any atom is -0.343 e. The third kappa shape index (κ3) is 6.28. The number of hydrogen-bond acceptors (Lipinski definition) is 3. The summed E-state index contributed by atoms with van der Waals surface area (Å²) in [5, 5.41) is 3.11. The van der Waals surface area contributed by atoms with Gasteiger partial charge in [-0.15, -0.1) is 0 Å². The van der Waals surface area contributed by atoms with Crippen molar-refractivity contribution < 1.29 is 9.47 Å². The van der Waals surface area contributed by atoms with Crippen LogP contribution in [-0.4, -0.2) is 27.2 Å². The Morgan fingerprint density at radius 3 is 2.09 bits per heavy atom. The molecule has 0 bridgehead atoms. The molecule has 0 aromatic carbocycles. The first kappa shape index (κ1) is 10.9. The lowest BCUT2D eigenvalue weighted by Crippen LogP contribution is -2.33. The zero-order valence-corrected chi connectivity index (χ0v) is 7.89. The van der Waals surface area contributed by atoms with Gasteiger partial charge in [0.1, 0.15) is 0 Å². The van der Waals surface area contributed by atoms with Gasteiger partial charge in [-0.25, -0.2) is 0 Å². The molecule has 0 aliphatic rings. The Morgan fingerprint density at radius 1 is 1.18 bits per heavy atom. The van der Waals surface area contributed by atoms with Crippen LogP contribution in [0.2, 0.25) is 0 Å². The second-order valence-corrected chi connectivity index (χ2v) is 2.94. The zero-order valence-electron chi connectivity index (χ0n) is 7.89. The van der Waals surface area contributed by atoms with Gasteiger partial charge in [-0.05, 0) is 18.9 Å². The predicted molar refractivity (Wildman–Crippen MR) is 45.3 cm³/mol. The average molecular weight is 161 g/mol. The van der Waals surface area contributed by atoms with Gasteiger partial charge in [0.05, 0.1) is 0 Å². The van der Waals surface area contributed by atoms with Gasteiger partial charge in [0.25, 0.3) is 0 Å². The Labute approximate surface area is 69.1 Å². The fourth-order valence-corrected chi connectivity index (χ4v) is 0.753. The zero-order chi connectivity index (χ0) is 8.69. The van der Waals surface area contributed by atoms with Gasteiger partial charge >= 0.3 is 0 Å². The molecule has 0 atom stereocenters. The molecule has 0 unspecified atom stereocenters. The van der Waals surface area contributed by atoms with E-state index in [4.69, 9.17) is 9.47 Å². The third-order valence-corrected chi connectivity index (χ3v) is 1.46. The van der Waals surface area contributed by atoms with Gasteiger partial charge in [-0.2, -0.15) is 0 Å². The van der Waals surface area contributed by atoms with E-state index in [9.17, 15) is 0 Å². The van der Waals surface area contributed by atoms with Crippen molar-refractivity contribution in [1.29, 1.82) is 0 Å². The molecule has 0 heterocycles. The molecule has 3 heteroatoms. The normalized spacial score (nSPS) is 11.5. The molecule has 0 amide bonds. The maximum atomic E-state index is 4.95. The Morgan fingerprint density at radius 2 is 1.73 bits per heavy atom. The molecule has 0 radical (unpaired) electrons. The van der Waals surface area contributed by atoms with Crippen LogP contribution in [0.5, 0.6) is 0 Å². The van der Waals surface area contributed by atoms with Crippen LogP contribution in [0.15, 0.2) is 0 Å². The van der Waals surface area contributed by atoms with Gasteiger partial charge in [0, 0.05) is 14.2 Å². The quantitative estimate of drug-likeness (QED) is 0.594. The molecule has 0 rings (SSSR count). The first-order chi connectivity index (χ1) is 5.20.